The molecular weight excluding hydrogens is 232 g/mol. The van der Waals surface area contributed by atoms with Crippen molar-refractivity contribution in [2.45, 2.75) is 25.4 Å². The Morgan fingerprint density at radius 3 is 2.61 bits per heavy atom. The molecule has 1 aliphatic rings. The molecule has 0 radical (unpaired) electrons. The molecule has 0 aromatic carbocycles. The summed E-state index contributed by atoms with van der Waals surface area (Å²) >= 11 is 0. The molecule has 0 atom stereocenters. The monoisotopic (exact) mass is 254 g/mol. The number of hydrogen-bond acceptors (Lipinski definition) is 5. The molecule has 0 aliphatic carbocycles. The van der Waals surface area contributed by atoms with Crippen molar-refractivity contribution in [3.63, 3.8) is 0 Å². The van der Waals surface area contributed by atoms with Crippen LogP contribution in [0, 0.1) is 6.92 Å². The minimum Gasteiger partial charge on any atom is -0.394 e. The van der Waals surface area contributed by atoms with Crippen LogP contribution in [0.5, 0.6) is 0 Å². The van der Waals surface area contributed by atoms with E-state index in [0.29, 0.717) is 38.3 Å². The molecule has 1 saturated heterocycles. The van der Waals surface area contributed by atoms with E-state index in [4.69, 9.17) is 10.5 Å². The van der Waals surface area contributed by atoms with E-state index in [2.05, 4.69) is 5.10 Å². The van der Waals surface area contributed by atoms with Gasteiger partial charge in [-0.25, -0.2) is 0 Å². The molecule has 0 spiro atoms. The van der Waals surface area contributed by atoms with Crippen molar-refractivity contribution in [1.29, 1.82) is 0 Å². The van der Waals surface area contributed by atoms with Gasteiger partial charge in [0.1, 0.15) is 5.82 Å². The number of hydrogen-bond donors (Lipinski definition) is 2. The Kier molecular flexibility index (Phi) is 3.49. The van der Waals surface area contributed by atoms with Crippen molar-refractivity contribution in [3.05, 3.63) is 5.69 Å². The van der Waals surface area contributed by atoms with Gasteiger partial charge < -0.3 is 20.5 Å². The number of nitrogens with zero attached hydrogens (tertiary/aromatic N) is 3. The molecule has 1 aliphatic heterocycles. The molecule has 1 aromatic rings. The number of aliphatic hydroxyl groups is 1. The van der Waals surface area contributed by atoms with E-state index >= 15 is 0 Å². The third-order valence-corrected chi connectivity index (χ3v) is 3.55. The van der Waals surface area contributed by atoms with Crippen LogP contribution in [0.3, 0.4) is 0 Å². The minimum atomic E-state index is -0.697. The second-order valence-electron chi connectivity index (χ2n) is 5.14. The zero-order valence-electron chi connectivity index (χ0n) is 11.3. The number of aryl methyl sites for hydroxylation is 2. The van der Waals surface area contributed by atoms with Crippen LogP contribution in [0.1, 0.15) is 18.5 Å². The van der Waals surface area contributed by atoms with Crippen molar-refractivity contribution in [2.75, 3.05) is 37.4 Å². The van der Waals surface area contributed by atoms with Crippen LogP contribution in [-0.2, 0) is 11.8 Å². The lowest BCUT2D eigenvalue weighted by Crippen LogP contribution is -2.46. The molecule has 0 bridgehead atoms. The van der Waals surface area contributed by atoms with Crippen molar-refractivity contribution in [1.82, 2.24) is 9.78 Å². The van der Waals surface area contributed by atoms with Crippen LogP contribution in [0.2, 0.25) is 0 Å². The number of likely N-dealkylation sites (N-methyl/N-ethyl adjacent to an activating group) is 1. The van der Waals surface area contributed by atoms with E-state index in [1.165, 1.54) is 0 Å². The van der Waals surface area contributed by atoms with Crippen molar-refractivity contribution < 1.29 is 9.84 Å². The summed E-state index contributed by atoms with van der Waals surface area (Å²) in [5.41, 5.74) is 6.82. The molecule has 3 N–H and O–H groups in total. The average Bonchev–Trinajstić information content (AvgIpc) is 2.53. The first-order valence-electron chi connectivity index (χ1n) is 6.23. The standard InChI is InChI=1S/C12H22N4O2/c1-9-10(13)11(16(3)14-9)15(2)8-12(17)4-6-18-7-5-12/h17H,4-8,13H2,1-3H3. The normalized spacial score (nSPS) is 18.9. The van der Waals surface area contributed by atoms with Gasteiger partial charge >= 0.3 is 0 Å². The number of rotatable bonds is 3. The molecule has 0 amide bonds. The Balaban J connectivity index is 2.13. The molecule has 6 heteroatoms. The molecule has 1 aromatic heterocycles. The van der Waals surface area contributed by atoms with Crippen molar-refractivity contribution in [2.24, 2.45) is 7.05 Å². The summed E-state index contributed by atoms with van der Waals surface area (Å²) in [5, 5.41) is 14.8. The summed E-state index contributed by atoms with van der Waals surface area (Å²) in [5.74, 6) is 0.854. The summed E-state index contributed by atoms with van der Waals surface area (Å²) in [6, 6.07) is 0. The molecule has 102 valence electrons. The summed E-state index contributed by atoms with van der Waals surface area (Å²) < 4.78 is 7.04. The van der Waals surface area contributed by atoms with E-state index in [9.17, 15) is 5.11 Å². The Hall–Kier alpha value is -1.27. The number of ether oxygens (including phenoxy) is 1. The minimum absolute atomic E-state index is 0.541. The smallest absolute Gasteiger partial charge is 0.150 e. The number of anilines is 2. The highest BCUT2D eigenvalue weighted by molar-refractivity contribution is 5.65. The Morgan fingerprint density at radius 1 is 1.50 bits per heavy atom. The van der Waals surface area contributed by atoms with Gasteiger partial charge in [0.15, 0.2) is 0 Å². The van der Waals surface area contributed by atoms with E-state index in [0.717, 1.165) is 11.5 Å². The lowest BCUT2D eigenvalue weighted by atomic mass is 9.94. The zero-order chi connectivity index (χ0) is 13.3. The van der Waals surface area contributed by atoms with Gasteiger partial charge in [-0.1, -0.05) is 0 Å². The predicted molar refractivity (Wildman–Crippen MR) is 70.6 cm³/mol. The number of nitrogen functional groups attached to an aromatic ring is 1. The van der Waals surface area contributed by atoms with E-state index in [-0.39, 0.29) is 0 Å². The molecule has 1 fully saturated rings. The fourth-order valence-electron chi connectivity index (χ4n) is 2.54. The first kappa shape index (κ1) is 13.2. The second kappa shape index (κ2) is 4.78. The van der Waals surface area contributed by atoms with Gasteiger partial charge in [-0.05, 0) is 6.92 Å². The Labute approximate surface area is 107 Å². The molecule has 0 saturated carbocycles. The van der Waals surface area contributed by atoms with E-state index < -0.39 is 5.60 Å². The third-order valence-electron chi connectivity index (χ3n) is 3.55. The second-order valence-corrected chi connectivity index (χ2v) is 5.14. The first-order valence-corrected chi connectivity index (χ1v) is 6.23. The predicted octanol–water partition coefficient (Wildman–Crippen LogP) is 0.288. The van der Waals surface area contributed by atoms with Crippen LogP contribution < -0.4 is 10.6 Å². The fraction of sp³-hybridized carbons (Fsp3) is 0.750. The van der Waals surface area contributed by atoms with Gasteiger partial charge in [0.25, 0.3) is 0 Å². The quantitative estimate of drug-likeness (QED) is 0.810. The molecule has 0 unspecified atom stereocenters. The highest BCUT2D eigenvalue weighted by atomic mass is 16.5. The maximum atomic E-state index is 10.5. The molecule has 18 heavy (non-hydrogen) atoms. The van der Waals surface area contributed by atoms with Crippen molar-refractivity contribution >= 4 is 11.5 Å². The maximum Gasteiger partial charge on any atom is 0.150 e. The maximum absolute atomic E-state index is 10.5. The van der Waals surface area contributed by atoms with Crippen LogP contribution in [0.25, 0.3) is 0 Å². The first-order chi connectivity index (χ1) is 8.43. The Morgan fingerprint density at radius 2 is 2.11 bits per heavy atom. The average molecular weight is 254 g/mol. The van der Waals surface area contributed by atoms with Gasteiger partial charge in [0.05, 0.1) is 17.0 Å². The van der Waals surface area contributed by atoms with Gasteiger partial charge in [-0.15, -0.1) is 0 Å². The van der Waals surface area contributed by atoms with Crippen LogP contribution >= 0.6 is 0 Å². The molecule has 2 heterocycles. The lowest BCUT2D eigenvalue weighted by Gasteiger charge is -2.36. The third kappa shape index (κ3) is 2.44. The summed E-state index contributed by atoms with van der Waals surface area (Å²) in [4.78, 5) is 1.97. The molecule has 2 rings (SSSR count). The fourth-order valence-corrected chi connectivity index (χ4v) is 2.54. The van der Waals surface area contributed by atoms with Crippen LogP contribution in [0.15, 0.2) is 0 Å². The van der Waals surface area contributed by atoms with Gasteiger partial charge in [0, 0.05) is 46.7 Å². The highest BCUT2D eigenvalue weighted by Crippen LogP contribution is 2.28. The highest BCUT2D eigenvalue weighted by Gasteiger charge is 2.32. The molecular formula is C12H22N4O2. The van der Waals surface area contributed by atoms with Gasteiger partial charge in [-0.3, -0.25) is 4.68 Å². The molecule has 6 nitrogen and oxygen atoms in total. The van der Waals surface area contributed by atoms with E-state index in [1.54, 1.807) is 4.68 Å². The zero-order valence-corrected chi connectivity index (χ0v) is 11.3. The van der Waals surface area contributed by atoms with Crippen LogP contribution in [-0.4, -0.2) is 47.3 Å². The summed E-state index contributed by atoms with van der Waals surface area (Å²) in [7, 11) is 3.80. The Bertz CT molecular complexity index is 424. The van der Waals surface area contributed by atoms with Crippen molar-refractivity contribution in [3.8, 4) is 0 Å². The summed E-state index contributed by atoms with van der Waals surface area (Å²) in [6.45, 7) is 3.66. The van der Waals surface area contributed by atoms with Gasteiger partial charge in [-0.2, -0.15) is 5.10 Å². The largest absolute Gasteiger partial charge is 0.394 e. The summed E-state index contributed by atoms with van der Waals surface area (Å²) in [6.07, 6.45) is 1.32. The topological polar surface area (TPSA) is 76.5 Å². The SMILES string of the molecule is Cc1nn(C)c(N(C)CC2(O)CCOCC2)c1N. The van der Waals surface area contributed by atoms with Crippen LogP contribution in [0.4, 0.5) is 11.5 Å². The van der Waals surface area contributed by atoms with E-state index in [1.807, 2.05) is 25.9 Å². The van der Waals surface area contributed by atoms with Gasteiger partial charge in [0.2, 0.25) is 0 Å². The number of nitrogens with two attached hydrogens (primary N) is 1. The number of aromatic nitrogens is 2. The lowest BCUT2D eigenvalue weighted by molar-refractivity contribution is -0.0573.